The first-order chi connectivity index (χ1) is 63.9. The molecule has 0 spiro atoms. The van der Waals surface area contributed by atoms with Gasteiger partial charge in [-0.1, -0.05) is 6.07 Å². The molecule has 40 nitrogen and oxygen atoms in total. The third kappa shape index (κ3) is 29.3. The maximum atomic E-state index is 14.3. The predicted octanol–water partition coefficient (Wildman–Crippen LogP) is 5.58. The van der Waals surface area contributed by atoms with Crippen LogP contribution in [-0.2, 0) is 86.0 Å². The normalized spacial score (nSPS) is 13.4. The summed E-state index contributed by atoms with van der Waals surface area (Å²) in [6.45, 7) is 13.8. The second-order valence-electron chi connectivity index (χ2n) is 33.5. The van der Waals surface area contributed by atoms with E-state index >= 15 is 0 Å². The van der Waals surface area contributed by atoms with Gasteiger partial charge in [0, 0.05) is 226 Å². The number of benzene rings is 2. The van der Waals surface area contributed by atoms with Gasteiger partial charge >= 0.3 is 6.18 Å². The third-order valence-electron chi connectivity index (χ3n) is 22.6. The van der Waals surface area contributed by atoms with Gasteiger partial charge in [-0.25, -0.2) is 19.3 Å². The van der Waals surface area contributed by atoms with E-state index in [1.54, 1.807) is 97.2 Å². The van der Waals surface area contributed by atoms with Crippen LogP contribution in [-0.4, -0.2) is 294 Å². The van der Waals surface area contributed by atoms with E-state index in [0.717, 1.165) is 45.6 Å². The van der Waals surface area contributed by atoms with Crippen LogP contribution in [0.2, 0.25) is 0 Å². The number of H-pyrrole nitrogens is 1. The van der Waals surface area contributed by atoms with Gasteiger partial charge in [-0.05, 0) is 113 Å². The van der Waals surface area contributed by atoms with Crippen molar-refractivity contribution in [3.63, 3.8) is 0 Å². The molecule has 134 heavy (non-hydrogen) atoms. The summed E-state index contributed by atoms with van der Waals surface area (Å²) in [6.07, 6.45) is 7.76. The number of halogens is 4. The number of anilines is 4. The number of hydrogen-bond donors (Lipinski definition) is 11. The molecule has 10 amide bonds. The number of rotatable bonds is 48. The van der Waals surface area contributed by atoms with Crippen molar-refractivity contribution in [1.82, 2.24) is 93.5 Å². The number of hydrogen-bond acceptors (Lipinski definition) is 23. The van der Waals surface area contributed by atoms with E-state index in [9.17, 15) is 75.4 Å². The molecule has 2 aromatic carbocycles. The van der Waals surface area contributed by atoms with Gasteiger partial charge in [0.2, 0.25) is 35.3 Å². The number of likely N-dealkylation sites (tertiary alicyclic amines) is 1. The average molecular weight is 1870 g/mol. The van der Waals surface area contributed by atoms with Crippen molar-refractivity contribution in [1.29, 1.82) is 0 Å². The SMILES string of the molecule is Cc1cc(F)cc(C)c1Oc1ccc(C(C)(C)O)cc1-c1cn(C)c(=O)c2[nH]c(C(=O)N3CCC(N4CCN(CCOCCOCCOCCOCCC(=O)NCCCN(CCCNC(=O)CCNC(=O)c5nc(NC(=O)CCNC(=O)c6cc(NC(=O)c7nc(NC(=O)CCNC(=O)c8cc(NC(=O)c9nccn9C)cn8C)cn7C)cn6C)cn5C)CC(F)(F)F)CC4)CC3)cc12. The molecule has 2 aliphatic rings. The van der Waals surface area contributed by atoms with Crippen molar-refractivity contribution in [3.8, 4) is 22.6 Å². The number of amides is 10. The summed E-state index contributed by atoms with van der Waals surface area (Å²) in [4.78, 5) is 167. The quantitative estimate of drug-likeness (QED) is 0.0164. The zero-order valence-electron chi connectivity index (χ0n) is 77.0. The summed E-state index contributed by atoms with van der Waals surface area (Å²) < 4.78 is 92.8. The number of alkyl halides is 3. The molecule has 9 aromatic rings. The molecule has 11 N–H and O–H groups in total. The fourth-order valence-corrected chi connectivity index (χ4v) is 15.6. The molecule has 0 aliphatic carbocycles. The van der Waals surface area contributed by atoms with Crippen LogP contribution in [0.15, 0.2) is 96.7 Å². The molecular weight excluding hydrogens is 1750 g/mol. The lowest BCUT2D eigenvalue weighted by Gasteiger charge is -2.42. The highest BCUT2D eigenvalue weighted by Gasteiger charge is 2.34. The fraction of sp³-hybridized carbons (Fsp3) is 0.489. The van der Waals surface area contributed by atoms with Gasteiger partial charge in [0.05, 0.1) is 76.4 Å². The number of carbonyl (C=O) groups excluding carboxylic acids is 10. The van der Waals surface area contributed by atoms with Crippen molar-refractivity contribution in [3.05, 3.63) is 159 Å². The highest BCUT2D eigenvalue weighted by molar-refractivity contribution is 6.06. The first-order valence-electron chi connectivity index (χ1n) is 44.3. The lowest BCUT2D eigenvalue weighted by Crippen LogP contribution is -2.54. The van der Waals surface area contributed by atoms with E-state index < -0.39 is 65.6 Å². The smallest absolute Gasteiger partial charge is 0.401 e. The number of pyridine rings is 1. The van der Waals surface area contributed by atoms with Crippen molar-refractivity contribution >= 4 is 93.0 Å². The number of aliphatic hydroxyl groups is 1. The van der Waals surface area contributed by atoms with Gasteiger partial charge in [-0.2, -0.15) is 13.2 Å². The van der Waals surface area contributed by atoms with E-state index in [2.05, 4.69) is 77.6 Å². The Hall–Kier alpha value is -13.0. The van der Waals surface area contributed by atoms with E-state index in [4.69, 9.17) is 23.7 Å². The minimum absolute atomic E-state index is 0.00303. The van der Waals surface area contributed by atoms with Crippen LogP contribution in [0, 0.1) is 19.7 Å². The van der Waals surface area contributed by atoms with E-state index in [1.807, 2.05) is 11.0 Å². The van der Waals surface area contributed by atoms with Gasteiger partial charge in [0.25, 0.3) is 41.0 Å². The van der Waals surface area contributed by atoms with Crippen LogP contribution in [0.5, 0.6) is 11.5 Å². The number of imidazole rings is 3. The number of piperidine rings is 1. The number of nitrogens with zero attached hydrogens (tertiary/aromatic N) is 13. The Morgan fingerprint density at radius 3 is 1.57 bits per heavy atom. The molecule has 2 saturated heterocycles. The summed E-state index contributed by atoms with van der Waals surface area (Å²) >= 11 is 0. The zero-order chi connectivity index (χ0) is 96.5. The van der Waals surface area contributed by atoms with Crippen LogP contribution < -0.4 is 58.1 Å². The predicted molar refractivity (Wildman–Crippen MR) is 487 cm³/mol. The summed E-state index contributed by atoms with van der Waals surface area (Å²) in [5.41, 5.74) is 3.01. The molecule has 7 aromatic heterocycles. The highest BCUT2D eigenvalue weighted by atomic mass is 19.4. The van der Waals surface area contributed by atoms with Crippen LogP contribution in [0.3, 0.4) is 0 Å². The molecule has 44 heteroatoms. The first-order valence-corrected chi connectivity index (χ1v) is 44.3. The van der Waals surface area contributed by atoms with Crippen molar-refractivity contribution < 1.29 is 94.3 Å². The maximum absolute atomic E-state index is 14.3. The molecule has 0 unspecified atom stereocenters. The number of fused-ring (bicyclic) bond motifs is 1. The number of aromatic amines is 1. The Morgan fingerprint density at radius 1 is 0.530 bits per heavy atom. The number of carbonyl (C=O) groups is 10. The summed E-state index contributed by atoms with van der Waals surface area (Å²) in [5, 5.41) is 35.4. The Bertz CT molecular complexity index is 5670. The van der Waals surface area contributed by atoms with Gasteiger partial charge < -0.3 is 114 Å². The Kier molecular flexibility index (Phi) is 36.1. The van der Waals surface area contributed by atoms with Gasteiger partial charge in [0.15, 0.2) is 17.5 Å². The standard InChI is InChI=1S/C90H119F4N23O17/c1-57-45-60(91)46-58(2)78(57)134-70-14-13-59(89(3,4)129)47-64(70)66-53-113(10)88(128)77-65(66)50-67(103-77)87(127)117-29-18-63(19-30-117)116-34-32-114(33-35-116)36-38-131-40-42-133-44-43-132-41-39-130-37-20-74(119)96-22-12-28-115(56-90(92,93)94)27-11-21-95-73(118)15-23-100-84(124)80-106-71(54-111(80)8)104-75(120)16-24-99-83(123)69-49-62(52-110(69)7)102-86(126)81-107-72(55-112(81)9)105-76(121)17-25-98-82(122)68-48-61(51-109(68)6)101-85(125)79-97-26-31-108(79)5/h13-14,26,31,45-55,63,103,129H,11-12,15-25,27-30,32-44,56H2,1-10H3,(H,95,118)(H,96,119)(H,98,122)(H,99,123)(H,100,124)(H,101,125)(H,102,126)(H,104,120)(H,105,121). The fourth-order valence-electron chi connectivity index (χ4n) is 15.6. The third-order valence-corrected chi connectivity index (χ3v) is 22.6. The average Bonchev–Trinajstić information content (AvgIpc) is 1.54. The number of aromatic nitrogens is 10. The van der Waals surface area contributed by atoms with Crippen LogP contribution in [0.1, 0.15) is 145 Å². The van der Waals surface area contributed by atoms with Gasteiger partial charge in [-0.3, -0.25) is 67.4 Å². The summed E-state index contributed by atoms with van der Waals surface area (Å²) in [5.74, 6) is -4.25. The molecule has 724 valence electrons. The maximum Gasteiger partial charge on any atom is 0.401 e. The zero-order valence-corrected chi connectivity index (χ0v) is 77.0. The van der Waals surface area contributed by atoms with Crippen LogP contribution >= 0.6 is 0 Å². The molecular formula is C90H119F4N23O17. The van der Waals surface area contributed by atoms with Gasteiger partial charge in [-0.15, -0.1) is 0 Å². The van der Waals surface area contributed by atoms with E-state index in [1.165, 1.54) is 90.9 Å². The Morgan fingerprint density at radius 2 is 1.04 bits per heavy atom. The lowest BCUT2D eigenvalue weighted by atomic mass is 9.93. The molecule has 2 fully saturated rings. The molecule has 9 heterocycles. The van der Waals surface area contributed by atoms with E-state index in [0.29, 0.717) is 108 Å². The lowest BCUT2D eigenvalue weighted by molar-refractivity contribution is -0.146. The Balaban J connectivity index is 0.472. The first kappa shape index (κ1) is 102. The molecule has 0 radical (unpaired) electrons. The number of ether oxygens (including phenoxy) is 5. The van der Waals surface area contributed by atoms with E-state index in [-0.39, 0.29) is 179 Å². The van der Waals surface area contributed by atoms with Crippen LogP contribution in [0.25, 0.3) is 22.0 Å². The van der Waals surface area contributed by atoms with Crippen molar-refractivity contribution in [2.45, 2.75) is 96.9 Å². The summed E-state index contributed by atoms with van der Waals surface area (Å²) in [7, 11) is 9.56. The van der Waals surface area contributed by atoms with Gasteiger partial charge in [0.1, 0.15) is 39.9 Å². The molecule has 0 atom stereocenters. The number of nitrogens with one attached hydrogen (secondary N) is 10. The number of piperazine rings is 1. The Labute approximate surface area is 770 Å². The minimum atomic E-state index is -4.49. The second-order valence-corrected chi connectivity index (χ2v) is 33.5. The molecule has 0 bridgehead atoms. The highest BCUT2D eigenvalue weighted by Crippen LogP contribution is 2.41. The summed E-state index contributed by atoms with van der Waals surface area (Å²) in [6, 6.07) is 13.1. The molecule has 2 aliphatic heterocycles. The van der Waals surface area contributed by atoms with Crippen molar-refractivity contribution in [2.24, 2.45) is 42.3 Å². The van der Waals surface area contributed by atoms with Crippen LogP contribution in [0.4, 0.5) is 40.6 Å². The second kappa shape index (κ2) is 47.6. The largest absolute Gasteiger partial charge is 0.456 e. The monoisotopic (exact) mass is 1870 g/mol. The topological polar surface area (TPSA) is 459 Å². The molecule has 0 saturated carbocycles. The minimum Gasteiger partial charge on any atom is -0.456 e. The molecule has 11 rings (SSSR count). The van der Waals surface area contributed by atoms with Crippen molar-refractivity contribution in [2.75, 3.05) is 172 Å². The number of aryl methyl sites for hydroxylation is 8.